The second-order valence-corrected chi connectivity index (χ2v) is 4.01. The highest BCUT2D eigenvalue weighted by Gasteiger charge is 2.44. The van der Waals surface area contributed by atoms with Crippen molar-refractivity contribution in [2.75, 3.05) is 6.61 Å². The van der Waals surface area contributed by atoms with E-state index in [2.05, 4.69) is 0 Å². The molecule has 0 amide bonds. The summed E-state index contributed by atoms with van der Waals surface area (Å²) in [5.41, 5.74) is 0.850. The van der Waals surface area contributed by atoms with Gasteiger partial charge in [-0.15, -0.1) is 0 Å². The Bertz CT molecular complexity index is 511. The molecule has 0 N–H and O–H groups in total. The molecule has 0 saturated carbocycles. The number of rotatable bonds is 3. The molecule has 0 unspecified atom stereocenters. The van der Waals surface area contributed by atoms with Crippen molar-refractivity contribution in [2.24, 2.45) is 0 Å². The van der Waals surface area contributed by atoms with Crippen molar-refractivity contribution in [3.05, 3.63) is 60.2 Å². The van der Waals surface area contributed by atoms with Crippen molar-refractivity contribution in [3.8, 4) is 11.5 Å². The molecule has 0 spiro atoms. The molecule has 1 aliphatic rings. The lowest BCUT2D eigenvalue weighted by atomic mass is 10.2. The van der Waals surface area contributed by atoms with Crippen LogP contribution < -0.4 is 9.47 Å². The number of hydrogen-bond acceptors (Lipinski definition) is 3. The highest BCUT2D eigenvalue weighted by atomic mass is 16.9. The zero-order chi connectivity index (χ0) is 12.4. The van der Waals surface area contributed by atoms with Gasteiger partial charge in [-0.2, -0.15) is 0 Å². The fourth-order valence-corrected chi connectivity index (χ4v) is 2.02. The fourth-order valence-electron chi connectivity index (χ4n) is 2.02. The first-order valence-electron chi connectivity index (χ1n) is 6.00. The highest BCUT2D eigenvalue weighted by molar-refractivity contribution is 5.43. The van der Waals surface area contributed by atoms with Crippen LogP contribution in [0.2, 0.25) is 0 Å². The molecule has 0 fully saturated rings. The van der Waals surface area contributed by atoms with Gasteiger partial charge in [-0.25, -0.2) is 0 Å². The summed E-state index contributed by atoms with van der Waals surface area (Å²) < 4.78 is 17.5. The number of benzene rings is 2. The van der Waals surface area contributed by atoms with E-state index in [-0.39, 0.29) is 0 Å². The Balaban J connectivity index is 2.02. The van der Waals surface area contributed by atoms with E-state index in [4.69, 9.17) is 14.2 Å². The molecule has 3 nitrogen and oxygen atoms in total. The fraction of sp³-hybridized carbons (Fsp3) is 0.200. The topological polar surface area (TPSA) is 27.7 Å². The monoisotopic (exact) mass is 242 g/mol. The lowest BCUT2D eigenvalue weighted by Gasteiger charge is -2.26. The molecule has 0 aromatic heterocycles. The van der Waals surface area contributed by atoms with Gasteiger partial charge < -0.3 is 14.2 Å². The van der Waals surface area contributed by atoms with E-state index < -0.39 is 5.97 Å². The van der Waals surface area contributed by atoms with Gasteiger partial charge in [0.15, 0.2) is 11.5 Å². The van der Waals surface area contributed by atoms with Crippen LogP contribution in [-0.2, 0) is 10.7 Å². The minimum absolute atomic E-state index is 0.503. The zero-order valence-electron chi connectivity index (χ0n) is 10.1. The minimum Gasteiger partial charge on any atom is -0.422 e. The molecule has 3 heteroatoms. The van der Waals surface area contributed by atoms with Crippen LogP contribution in [-0.4, -0.2) is 6.61 Å². The second-order valence-electron chi connectivity index (χ2n) is 4.01. The Labute approximate surface area is 106 Å². The first kappa shape index (κ1) is 11.1. The van der Waals surface area contributed by atoms with E-state index >= 15 is 0 Å². The summed E-state index contributed by atoms with van der Waals surface area (Å²) in [7, 11) is 0. The molecule has 1 aliphatic heterocycles. The van der Waals surface area contributed by atoms with Crippen LogP contribution in [0.15, 0.2) is 54.6 Å². The molecule has 1 heterocycles. The highest BCUT2D eigenvalue weighted by Crippen LogP contribution is 2.44. The first-order valence-corrected chi connectivity index (χ1v) is 6.00. The molecule has 0 saturated heterocycles. The Kier molecular flexibility index (Phi) is 2.68. The average Bonchev–Trinajstić information content (AvgIpc) is 2.79. The van der Waals surface area contributed by atoms with Gasteiger partial charge >= 0.3 is 5.97 Å². The van der Waals surface area contributed by atoms with Crippen LogP contribution in [0, 0.1) is 0 Å². The number of hydrogen-bond donors (Lipinski definition) is 0. The van der Waals surface area contributed by atoms with Crippen LogP contribution in [0.1, 0.15) is 12.5 Å². The Hall–Kier alpha value is -2.00. The largest absolute Gasteiger partial charge is 0.422 e. The van der Waals surface area contributed by atoms with Crippen molar-refractivity contribution >= 4 is 0 Å². The molecular weight excluding hydrogens is 228 g/mol. The summed E-state index contributed by atoms with van der Waals surface area (Å²) in [6.45, 7) is 2.42. The van der Waals surface area contributed by atoms with E-state index in [1.54, 1.807) is 0 Å². The van der Waals surface area contributed by atoms with Crippen LogP contribution in [0.4, 0.5) is 0 Å². The zero-order valence-corrected chi connectivity index (χ0v) is 10.1. The molecular formula is C15H14O3. The van der Waals surface area contributed by atoms with Gasteiger partial charge in [0.2, 0.25) is 0 Å². The number of fused-ring (bicyclic) bond motifs is 1. The second kappa shape index (κ2) is 4.35. The van der Waals surface area contributed by atoms with Gasteiger partial charge in [0.1, 0.15) is 0 Å². The summed E-state index contributed by atoms with van der Waals surface area (Å²) in [5.74, 6) is 0.254. The quantitative estimate of drug-likeness (QED) is 0.826. The molecule has 18 heavy (non-hydrogen) atoms. The lowest BCUT2D eigenvalue weighted by Crippen LogP contribution is -2.38. The normalized spacial score (nSPS) is 15.6. The van der Waals surface area contributed by atoms with Crippen LogP contribution in [0.3, 0.4) is 0 Å². The molecule has 92 valence electrons. The van der Waals surface area contributed by atoms with E-state index in [1.807, 2.05) is 61.5 Å². The van der Waals surface area contributed by atoms with Gasteiger partial charge in [-0.05, 0) is 31.2 Å². The van der Waals surface area contributed by atoms with Gasteiger partial charge in [-0.3, -0.25) is 0 Å². The number of para-hydroxylation sites is 2. The van der Waals surface area contributed by atoms with Crippen molar-refractivity contribution in [1.29, 1.82) is 0 Å². The third-order valence-corrected chi connectivity index (χ3v) is 2.80. The Morgan fingerprint density at radius 3 is 2.00 bits per heavy atom. The van der Waals surface area contributed by atoms with Gasteiger partial charge in [0.05, 0.1) is 12.2 Å². The van der Waals surface area contributed by atoms with Crippen molar-refractivity contribution in [1.82, 2.24) is 0 Å². The summed E-state index contributed by atoms with van der Waals surface area (Å²) in [4.78, 5) is 0. The molecule has 0 bridgehead atoms. The maximum atomic E-state index is 5.88. The standard InChI is InChI=1S/C15H14O3/c1-2-16-15(12-8-4-3-5-9-12)17-13-10-6-7-11-14(13)18-15/h3-11H,2H2,1H3. The molecule has 0 radical (unpaired) electrons. The Morgan fingerprint density at radius 1 is 0.889 bits per heavy atom. The van der Waals surface area contributed by atoms with E-state index in [0.29, 0.717) is 18.1 Å². The summed E-state index contributed by atoms with van der Waals surface area (Å²) >= 11 is 0. The molecule has 0 atom stereocenters. The predicted molar refractivity (Wildman–Crippen MR) is 67.4 cm³/mol. The third kappa shape index (κ3) is 1.73. The minimum atomic E-state index is -1.15. The summed E-state index contributed by atoms with van der Waals surface area (Å²) in [6, 6.07) is 17.3. The van der Waals surface area contributed by atoms with Crippen LogP contribution in [0.25, 0.3) is 0 Å². The van der Waals surface area contributed by atoms with E-state index in [9.17, 15) is 0 Å². The first-order chi connectivity index (χ1) is 8.84. The van der Waals surface area contributed by atoms with Gasteiger partial charge in [0.25, 0.3) is 0 Å². The van der Waals surface area contributed by atoms with Crippen molar-refractivity contribution in [3.63, 3.8) is 0 Å². The van der Waals surface area contributed by atoms with Crippen molar-refractivity contribution < 1.29 is 14.2 Å². The van der Waals surface area contributed by atoms with Gasteiger partial charge in [-0.1, -0.05) is 30.3 Å². The summed E-state index contributed by atoms with van der Waals surface area (Å²) in [6.07, 6.45) is 0. The predicted octanol–water partition coefficient (Wildman–Crippen LogP) is 3.30. The van der Waals surface area contributed by atoms with Crippen LogP contribution >= 0.6 is 0 Å². The van der Waals surface area contributed by atoms with Gasteiger partial charge in [0, 0.05) is 0 Å². The summed E-state index contributed by atoms with van der Waals surface area (Å²) in [5, 5.41) is 0. The molecule has 3 rings (SSSR count). The van der Waals surface area contributed by atoms with E-state index in [0.717, 1.165) is 5.56 Å². The third-order valence-electron chi connectivity index (χ3n) is 2.80. The lowest BCUT2D eigenvalue weighted by molar-refractivity contribution is -0.291. The van der Waals surface area contributed by atoms with E-state index in [1.165, 1.54) is 0 Å². The number of ether oxygens (including phenoxy) is 3. The molecule has 0 aliphatic carbocycles. The molecule has 2 aromatic carbocycles. The van der Waals surface area contributed by atoms with Crippen molar-refractivity contribution in [2.45, 2.75) is 12.9 Å². The maximum absolute atomic E-state index is 5.88. The SMILES string of the molecule is CCOC1(c2ccccc2)Oc2ccccc2O1. The Morgan fingerprint density at radius 2 is 1.44 bits per heavy atom. The van der Waals surface area contributed by atoms with Crippen LogP contribution in [0.5, 0.6) is 11.5 Å². The molecule has 2 aromatic rings. The average molecular weight is 242 g/mol. The smallest absolute Gasteiger partial charge is 0.401 e. The maximum Gasteiger partial charge on any atom is 0.401 e.